The maximum absolute atomic E-state index is 12.9. The number of likely N-dealkylation sites (N-methyl/N-ethyl adjacent to an activating group) is 1. The van der Waals surface area contributed by atoms with Gasteiger partial charge >= 0.3 is 0 Å². The van der Waals surface area contributed by atoms with Crippen LogP contribution in [0.3, 0.4) is 0 Å². The van der Waals surface area contributed by atoms with Crippen molar-refractivity contribution in [1.82, 2.24) is 15.2 Å². The van der Waals surface area contributed by atoms with Crippen LogP contribution in [-0.4, -0.2) is 41.8 Å². The number of carbonyl (C=O) groups excluding carboxylic acids is 2. The predicted octanol–water partition coefficient (Wildman–Crippen LogP) is 1.06. The maximum Gasteiger partial charge on any atom is 0.272 e. The van der Waals surface area contributed by atoms with E-state index in [2.05, 4.69) is 10.3 Å². The zero-order valence-corrected chi connectivity index (χ0v) is 11.3. The summed E-state index contributed by atoms with van der Waals surface area (Å²) in [6.07, 6.45) is 0. The topological polar surface area (TPSA) is 62.3 Å². The standard InChI is InChI=1S/C13H18FN3O2/c1-9(2)7-15-12(18)8-17(3)13(19)10-5-4-6-11(14)16-10/h4-6,9H,7-8H2,1-3H3,(H,15,18). The number of carbonyl (C=O) groups is 2. The van der Waals surface area contributed by atoms with Crippen LogP contribution in [0.2, 0.25) is 0 Å². The van der Waals surface area contributed by atoms with Crippen LogP contribution in [0.4, 0.5) is 4.39 Å². The van der Waals surface area contributed by atoms with Crippen LogP contribution in [0.5, 0.6) is 0 Å². The molecule has 104 valence electrons. The summed E-state index contributed by atoms with van der Waals surface area (Å²) < 4.78 is 12.9. The van der Waals surface area contributed by atoms with E-state index in [0.717, 1.165) is 6.07 Å². The smallest absolute Gasteiger partial charge is 0.272 e. The first kappa shape index (κ1) is 15.1. The molecule has 1 aromatic rings. The fourth-order valence-electron chi connectivity index (χ4n) is 1.38. The van der Waals surface area contributed by atoms with Crippen molar-refractivity contribution in [3.8, 4) is 0 Å². The third-order valence-electron chi connectivity index (χ3n) is 2.37. The van der Waals surface area contributed by atoms with Gasteiger partial charge in [0.2, 0.25) is 11.9 Å². The second kappa shape index (κ2) is 6.82. The van der Waals surface area contributed by atoms with Gasteiger partial charge in [0.1, 0.15) is 5.69 Å². The van der Waals surface area contributed by atoms with Gasteiger partial charge in [0.15, 0.2) is 0 Å². The molecule has 0 spiro atoms. The number of amides is 2. The lowest BCUT2D eigenvalue weighted by molar-refractivity contribution is -0.121. The molecule has 0 saturated heterocycles. The Kier molecular flexibility index (Phi) is 5.41. The summed E-state index contributed by atoms with van der Waals surface area (Å²) in [5.41, 5.74) is -0.0147. The molecule has 6 heteroatoms. The van der Waals surface area contributed by atoms with E-state index in [0.29, 0.717) is 12.5 Å². The second-order valence-electron chi connectivity index (χ2n) is 4.70. The summed E-state index contributed by atoms with van der Waals surface area (Å²) in [4.78, 5) is 28.1. The Bertz CT molecular complexity index is 463. The zero-order valence-electron chi connectivity index (χ0n) is 11.3. The molecule has 0 fully saturated rings. The first-order valence-corrected chi connectivity index (χ1v) is 6.05. The van der Waals surface area contributed by atoms with Gasteiger partial charge in [-0.25, -0.2) is 4.98 Å². The lowest BCUT2D eigenvalue weighted by Gasteiger charge is -2.16. The molecule has 0 radical (unpaired) electrons. The number of aromatic nitrogens is 1. The molecular formula is C13H18FN3O2. The van der Waals surface area contributed by atoms with Crippen molar-refractivity contribution in [2.24, 2.45) is 5.92 Å². The van der Waals surface area contributed by atoms with E-state index in [1.165, 1.54) is 24.1 Å². The van der Waals surface area contributed by atoms with Gasteiger partial charge in [-0.3, -0.25) is 9.59 Å². The average Bonchev–Trinajstić information content (AvgIpc) is 2.35. The molecule has 19 heavy (non-hydrogen) atoms. The van der Waals surface area contributed by atoms with E-state index in [4.69, 9.17) is 0 Å². The van der Waals surface area contributed by atoms with E-state index in [1.54, 1.807) is 0 Å². The normalized spacial score (nSPS) is 10.4. The molecule has 0 aliphatic carbocycles. The molecule has 0 unspecified atom stereocenters. The molecule has 0 atom stereocenters. The first-order valence-electron chi connectivity index (χ1n) is 6.05. The minimum Gasteiger partial charge on any atom is -0.354 e. The third-order valence-corrected chi connectivity index (χ3v) is 2.37. The molecule has 1 N–H and O–H groups in total. The summed E-state index contributed by atoms with van der Waals surface area (Å²) in [7, 11) is 1.48. The minimum absolute atomic E-state index is 0.0147. The van der Waals surface area contributed by atoms with Gasteiger partial charge < -0.3 is 10.2 Å². The van der Waals surface area contributed by atoms with Crippen LogP contribution in [-0.2, 0) is 4.79 Å². The summed E-state index contributed by atoms with van der Waals surface area (Å²) in [5, 5.41) is 2.70. The molecule has 2 amide bonds. The minimum atomic E-state index is -0.719. The van der Waals surface area contributed by atoms with Crippen LogP contribution in [0.1, 0.15) is 24.3 Å². The summed E-state index contributed by atoms with van der Waals surface area (Å²) in [6, 6.07) is 3.97. The maximum atomic E-state index is 12.9. The fraction of sp³-hybridized carbons (Fsp3) is 0.462. The van der Waals surface area contributed by atoms with E-state index in [9.17, 15) is 14.0 Å². The molecule has 1 aromatic heterocycles. The second-order valence-corrected chi connectivity index (χ2v) is 4.70. The molecule has 0 aromatic carbocycles. The Balaban J connectivity index is 2.55. The largest absolute Gasteiger partial charge is 0.354 e. The van der Waals surface area contributed by atoms with Crippen LogP contribution in [0.15, 0.2) is 18.2 Å². The quantitative estimate of drug-likeness (QED) is 0.812. The van der Waals surface area contributed by atoms with Gasteiger partial charge in [-0.1, -0.05) is 19.9 Å². The molecule has 0 saturated carbocycles. The highest BCUT2D eigenvalue weighted by Gasteiger charge is 2.16. The number of rotatable bonds is 5. The molecule has 1 rings (SSSR count). The summed E-state index contributed by atoms with van der Waals surface area (Å²) in [5.74, 6) is -1.11. The lowest BCUT2D eigenvalue weighted by Crippen LogP contribution is -2.39. The van der Waals surface area contributed by atoms with Gasteiger partial charge in [0.05, 0.1) is 6.54 Å². The monoisotopic (exact) mass is 267 g/mol. The van der Waals surface area contributed by atoms with Gasteiger partial charge in [0, 0.05) is 13.6 Å². The number of nitrogens with one attached hydrogen (secondary N) is 1. The van der Waals surface area contributed by atoms with Crippen LogP contribution in [0, 0.1) is 11.9 Å². The van der Waals surface area contributed by atoms with Gasteiger partial charge in [-0.05, 0) is 18.1 Å². The number of hydrogen-bond acceptors (Lipinski definition) is 3. The summed E-state index contributed by atoms with van der Waals surface area (Å²) in [6.45, 7) is 4.43. The molecule has 0 aliphatic rings. The summed E-state index contributed by atoms with van der Waals surface area (Å²) >= 11 is 0. The van der Waals surface area contributed by atoms with E-state index in [1.807, 2.05) is 13.8 Å². The van der Waals surface area contributed by atoms with Crippen molar-refractivity contribution >= 4 is 11.8 Å². The van der Waals surface area contributed by atoms with Crippen molar-refractivity contribution in [3.63, 3.8) is 0 Å². The number of nitrogens with zero attached hydrogens (tertiary/aromatic N) is 2. The highest BCUT2D eigenvalue weighted by molar-refractivity contribution is 5.94. The molecule has 1 heterocycles. The molecule has 5 nitrogen and oxygen atoms in total. The average molecular weight is 267 g/mol. The van der Waals surface area contributed by atoms with Crippen molar-refractivity contribution in [2.75, 3.05) is 20.1 Å². The van der Waals surface area contributed by atoms with Crippen LogP contribution < -0.4 is 5.32 Å². The highest BCUT2D eigenvalue weighted by Crippen LogP contribution is 2.01. The van der Waals surface area contributed by atoms with E-state index < -0.39 is 11.9 Å². The van der Waals surface area contributed by atoms with E-state index >= 15 is 0 Å². The van der Waals surface area contributed by atoms with Gasteiger partial charge in [0.25, 0.3) is 5.91 Å². The molecule has 0 aliphatic heterocycles. The number of halogens is 1. The number of hydrogen-bond donors (Lipinski definition) is 1. The Morgan fingerprint density at radius 2 is 2.11 bits per heavy atom. The third kappa shape index (κ3) is 5.03. The van der Waals surface area contributed by atoms with Crippen molar-refractivity contribution in [2.45, 2.75) is 13.8 Å². The fourth-order valence-corrected chi connectivity index (χ4v) is 1.38. The Labute approximate surface area is 111 Å². The lowest BCUT2D eigenvalue weighted by atomic mass is 10.2. The van der Waals surface area contributed by atoms with Crippen molar-refractivity contribution in [3.05, 3.63) is 29.8 Å². The van der Waals surface area contributed by atoms with Gasteiger partial charge in [-0.2, -0.15) is 4.39 Å². The molecule has 0 bridgehead atoms. The first-order chi connectivity index (χ1) is 8.90. The predicted molar refractivity (Wildman–Crippen MR) is 69.0 cm³/mol. The Morgan fingerprint density at radius 1 is 1.42 bits per heavy atom. The zero-order chi connectivity index (χ0) is 14.4. The van der Waals surface area contributed by atoms with E-state index in [-0.39, 0.29) is 18.1 Å². The SMILES string of the molecule is CC(C)CNC(=O)CN(C)C(=O)c1cccc(F)n1. The van der Waals surface area contributed by atoms with Crippen molar-refractivity contribution < 1.29 is 14.0 Å². The Morgan fingerprint density at radius 3 is 2.68 bits per heavy atom. The Hall–Kier alpha value is -1.98. The van der Waals surface area contributed by atoms with Gasteiger partial charge in [-0.15, -0.1) is 0 Å². The highest BCUT2D eigenvalue weighted by atomic mass is 19.1. The number of pyridine rings is 1. The van der Waals surface area contributed by atoms with Crippen LogP contribution >= 0.6 is 0 Å². The van der Waals surface area contributed by atoms with Crippen LogP contribution in [0.25, 0.3) is 0 Å². The van der Waals surface area contributed by atoms with Crippen molar-refractivity contribution in [1.29, 1.82) is 0 Å². The molecular weight excluding hydrogens is 249 g/mol.